The van der Waals surface area contributed by atoms with E-state index in [0.717, 1.165) is 32.1 Å². The molecule has 2 aromatic rings. The van der Waals surface area contributed by atoms with Gasteiger partial charge in [0.25, 0.3) is 5.91 Å². The van der Waals surface area contributed by atoms with E-state index in [2.05, 4.69) is 21.8 Å². The Kier molecular flexibility index (Phi) is 8.52. The van der Waals surface area contributed by atoms with E-state index >= 15 is 4.39 Å². The molecule has 1 N–H and O–H groups in total. The van der Waals surface area contributed by atoms with Crippen molar-refractivity contribution in [3.05, 3.63) is 70.0 Å². The molecule has 1 spiro atoms. The average molecular weight is 631 g/mol. The summed E-state index contributed by atoms with van der Waals surface area (Å²) in [6.45, 7) is 3.44. The lowest BCUT2D eigenvalue weighted by Gasteiger charge is -2.46. The van der Waals surface area contributed by atoms with Crippen molar-refractivity contribution in [3.8, 4) is 5.75 Å². The van der Waals surface area contributed by atoms with Crippen LogP contribution in [0.15, 0.2) is 42.5 Å². The Morgan fingerprint density at radius 3 is 2.79 bits per heavy atom. The summed E-state index contributed by atoms with van der Waals surface area (Å²) in [5, 5.41) is -0.0810. The van der Waals surface area contributed by atoms with Crippen molar-refractivity contribution in [1.29, 1.82) is 0 Å². The van der Waals surface area contributed by atoms with Crippen molar-refractivity contribution < 1.29 is 27.1 Å². The lowest BCUT2D eigenvalue weighted by molar-refractivity contribution is 0.0132. The number of hydrogen-bond donors (Lipinski definition) is 1. The number of halogens is 2. The fourth-order valence-corrected chi connectivity index (χ4v) is 9.21. The number of aryl methyl sites for hydroxylation is 1. The maximum absolute atomic E-state index is 15.6. The number of rotatable bonds is 2. The number of ether oxygens (including phenoxy) is 2. The molecule has 2 bridgehead atoms. The van der Waals surface area contributed by atoms with Crippen LogP contribution >= 0.6 is 11.6 Å². The van der Waals surface area contributed by atoms with Crippen molar-refractivity contribution in [2.75, 3.05) is 31.7 Å². The number of sulfonamides is 1. The summed E-state index contributed by atoms with van der Waals surface area (Å²) in [7, 11) is -2.31. The summed E-state index contributed by atoms with van der Waals surface area (Å²) < 4.78 is 56.5. The summed E-state index contributed by atoms with van der Waals surface area (Å²) in [5.74, 6) is -0.786. The maximum Gasteiger partial charge on any atom is 0.267 e. The number of carbonyl (C=O) groups excluding carboxylic acids is 1. The SMILES string of the molecule is CC[C@@H]1CC/C=C\[C@H](OC)[C@@H]2CC[C@H]2CN2C[C@@]3(CCCc4cc(Cl)ccc43)COc3cc(F)c(cc32)C(=O)NS1(=O)=O. The van der Waals surface area contributed by atoms with Crippen molar-refractivity contribution in [2.24, 2.45) is 11.8 Å². The van der Waals surface area contributed by atoms with Gasteiger partial charge in [0.2, 0.25) is 10.0 Å². The number of benzene rings is 2. The molecule has 0 saturated heterocycles. The quantitative estimate of drug-likeness (QED) is 0.399. The average Bonchev–Trinajstić information content (AvgIpc) is 3.10. The van der Waals surface area contributed by atoms with Gasteiger partial charge >= 0.3 is 0 Å². The summed E-state index contributed by atoms with van der Waals surface area (Å²) in [5.41, 5.74) is 2.35. The highest BCUT2D eigenvalue weighted by atomic mass is 35.5. The van der Waals surface area contributed by atoms with Crippen molar-refractivity contribution in [2.45, 2.75) is 75.1 Å². The smallest absolute Gasteiger partial charge is 0.267 e. The fraction of sp³-hybridized carbons (Fsp3) is 0.545. The third-order valence-corrected chi connectivity index (χ3v) is 12.3. The van der Waals surface area contributed by atoms with Crippen molar-refractivity contribution >= 4 is 33.2 Å². The molecule has 0 radical (unpaired) electrons. The maximum atomic E-state index is 15.6. The Balaban J connectivity index is 1.45. The Bertz CT molecular complexity index is 1530. The van der Waals surface area contributed by atoms with Crippen LogP contribution in [0.2, 0.25) is 5.02 Å². The third kappa shape index (κ3) is 5.80. The molecular formula is C33H40ClFN2O5S. The topological polar surface area (TPSA) is 84.9 Å². The molecule has 10 heteroatoms. The van der Waals surface area contributed by atoms with Gasteiger partial charge in [0.15, 0.2) is 0 Å². The molecule has 43 heavy (non-hydrogen) atoms. The molecule has 2 aliphatic heterocycles. The number of methoxy groups -OCH3 is 1. The normalized spacial score (nSPS) is 31.1. The van der Waals surface area contributed by atoms with E-state index in [-0.39, 0.29) is 17.1 Å². The van der Waals surface area contributed by atoms with Crippen LogP contribution in [-0.2, 0) is 26.6 Å². The number of nitrogens with one attached hydrogen (secondary N) is 1. The molecule has 1 fully saturated rings. The van der Waals surface area contributed by atoms with Crippen LogP contribution in [0, 0.1) is 17.7 Å². The van der Waals surface area contributed by atoms with Gasteiger partial charge in [-0.2, -0.15) is 0 Å². The van der Waals surface area contributed by atoms with Crippen LogP contribution in [0.4, 0.5) is 10.1 Å². The largest absolute Gasteiger partial charge is 0.490 e. The number of anilines is 1. The predicted molar refractivity (Wildman–Crippen MR) is 166 cm³/mol. The zero-order valence-corrected chi connectivity index (χ0v) is 26.4. The summed E-state index contributed by atoms with van der Waals surface area (Å²) in [6, 6.07) is 8.78. The third-order valence-electron chi connectivity index (χ3n) is 10.1. The first-order chi connectivity index (χ1) is 20.6. The molecule has 1 amide bonds. The Morgan fingerprint density at radius 1 is 1.21 bits per heavy atom. The second-order valence-corrected chi connectivity index (χ2v) is 15.0. The minimum absolute atomic E-state index is 0.0824. The van der Waals surface area contributed by atoms with E-state index in [0.29, 0.717) is 67.3 Å². The number of amides is 1. The molecule has 5 atom stereocenters. The van der Waals surface area contributed by atoms with Crippen LogP contribution < -0.4 is 14.4 Å². The van der Waals surface area contributed by atoms with Crippen molar-refractivity contribution in [3.63, 3.8) is 0 Å². The first kappa shape index (κ1) is 30.4. The molecule has 1 saturated carbocycles. The van der Waals surface area contributed by atoms with Gasteiger partial charge in [0, 0.05) is 36.7 Å². The molecule has 2 aromatic carbocycles. The van der Waals surface area contributed by atoms with Gasteiger partial charge in [0.1, 0.15) is 11.6 Å². The zero-order chi connectivity index (χ0) is 30.4. The summed E-state index contributed by atoms with van der Waals surface area (Å²) in [4.78, 5) is 15.6. The van der Waals surface area contributed by atoms with Crippen LogP contribution in [0.5, 0.6) is 5.75 Å². The Morgan fingerprint density at radius 2 is 2.05 bits per heavy atom. The highest BCUT2D eigenvalue weighted by molar-refractivity contribution is 7.90. The molecule has 6 rings (SSSR count). The standard InChI is InChI=1S/C33H40ClFN2O5S/c1-3-24-8-4-5-9-30(41-2)25-12-10-22(25)18-37-19-33(14-6-7-21-15-23(34)11-13-27(21)33)20-42-31-17-28(35)26(16-29(31)37)32(38)36-43(24,39)40/h5,9,11,13,15-17,22,24-25,30H,3-4,6-8,10,12,14,18-20H2,1-2H3,(H,36,38)/b9-5-/t22-,24+,25+,30-,33-/m0/s1. The molecule has 2 heterocycles. The van der Waals surface area contributed by atoms with Gasteiger partial charge in [-0.05, 0) is 92.5 Å². The van der Waals surface area contributed by atoms with E-state index in [1.807, 2.05) is 18.2 Å². The first-order valence-corrected chi connectivity index (χ1v) is 17.3. The molecule has 7 nitrogen and oxygen atoms in total. The molecule has 232 valence electrons. The number of allylic oxidation sites excluding steroid dienone is 1. The second kappa shape index (κ2) is 12.1. The number of hydrogen-bond acceptors (Lipinski definition) is 6. The zero-order valence-electron chi connectivity index (χ0n) is 24.8. The van der Waals surface area contributed by atoms with Crippen LogP contribution in [0.3, 0.4) is 0 Å². The number of fused-ring (bicyclic) bond motifs is 4. The minimum atomic E-state index is -4.03. The molecule has 4 aliphatic rings. The van der Waals surface area contributed by atoms with Gasteiger partial charge in [-0.1, -0.05) is 36.7 Å². The minimum Gasteiger partial charge on any atom is -0.490 e. The highest BCUT2D eigenvalue weighted by Crippen LogP contribution is 2.47. The summed E-state index contributed by atoms with van der Waals surface area (Å²) in [6.07, 6.45) is 10.1. The Labute approximate surface area is 258 Å². The van der Waals surface area contributed by atoms with Crippen molar-refractivity contribution in [1.82, 2.24) is 4.72 Å². The second-order valence-electron chi connectivity index (χ2n) is 12.6. The van der Waals surface area contributed by atoms with E-state index < -0.39 is 27.0 Å². The van der Waals surface area contributed by atoms with Crippen LogP contribution in [0.25, 0.3) is 0 Å². The predicted octanol–water partition coefficient (Wildman–Crippen LogP) is 6.18. The Hall–Kier alpha value is -2.62. The molecule has 2 aliphatic carbocycles. The monoisotopic (exact) mass is 630 g/mol. The summed E-state index contributed by atoms with van der Waals surface area (Å²) >= 11 is 6.38. The van der Waals surface area contributed by atoms with E-state index in [1.165, 1.54) is 23.3 Å². The molecule has 0 aromatic heterocycles. The van der Waals surface area contributed by atoms with Gasteiger partial charge in [0.05, 0.1) is 29.2 Å². The van der Waals surface area contributed by atoms with Gasteiger partial charge < -0.3 is 14.4 Å². The fourth-order valence-electron chi connectivity index (χ4n) is 7.60. The van der Waals surface area contributed by atoms with Gasteiger partial charge in [-0.3, -0.25) is 4.79 Å². The lowest BCUT2D eigenvalue weighted by Crippen LogP contribution is -2.49. The lowest BCUT2D eigenvalue weighted by atomic mass is 9.68. The highest BCUT2D eigenvalue weighted by Gasteiger charge is 2.44. The van der Waals surface area contributed by atoms with Crippen LogP contribution in [0.1, 0.15) is 73.4 Å². The van der Waals surface area contributed by atoms with E-state index in [4.69, 9.17) is 21.1 Å². The van der Waals surface area contributed by atoms with E-state index in [1.54, 1.807) is 14.0 Å². The molecular weight excluding hydrogens is 591 g/mol. The number of carbonyl (C=O) groups is 1. The first-order valence-electron chi connectivity index (χ1n) is 15.4. The van der Waals surface area contributed by atoms with E-state index in [9.17, 15) is 13.2 Å². The number of nitrogens with zero attached hydrogens (tertiary/aromatic N) is 1. The molecule has 0 unspecified atom stereocenters. The van der Waals surface area contributed by atoms with Crippen LogP contribution in [-0.4, -0.2) is 52.5 Å². The van der Waals surface area contributed by atoms with Gasteiger partial charge in [-0.15, -0.1) is 0 Å². The van der Waals surface area contributed by atoms with Gasteiger partial charge in [-0.25, -0.2) is 17.5 Å².